The molecule has 0 radical (unpaired) electrons. The van der Waals surface area contributed by atoms with Gasteiger partial charge < -0.3 is 16.4 Å². The summed E-state index contributed by atoms with van der Waals surface area (Å²) >= 11 is 0. The molecular weight excluding hydrogens is 306 g/mol. The number of fused-ring (bicyclic) bond motifs is 1. The van der Waals surface area contributed by atoms with Crippen molar-refractivity contribution in [3.05, 3.63) is 41.5 Å². The molecule has 1 aliphatic carbocycles. The van der Waals surface area contributed by atoms with Crippen LogP contribution in [0.5, 0.6) is 0 Å². The van der Waals surface area contributed by atoms with E-state index in [0.717, 1.165) is 17.6 Å². The van der Waals surface area contributed by atoms with E-state index in [0.29, 0.717) is 6.42 Å². The first-order chi connectivity index (χ1) is 11.4. The Balaban J connectivity index is 2.07. The second-order valence-electron chi connectivity index (χ2n) is 5.98. The number of allylic oxidation sites excluding steroid dienone is 1. The second-order valence-corrected chi connectivity index (χ2v) is 5.98. The number of benzene rings is 1. The predicted molar refractivity (Wildman–Crippen MR) is 92.0 cm³/mol. The molecule has 2 amide bonds. The number of ketones is 1. The molecule has 0 spiro atoms. The highest BCUT2D eigenvalue weighted by Gasteiger charge is 2.26. The molecule has 24 heavy (non-hydrogen) atoms. The molecule has 0 bridgehead atoms. The summed E-state index contributed by atoms with van der Waals surface area (Å²) < 4.78 is 0. The van der Waals surface area contributed by atoms with Crippen molar-refractivity contribution >= 4 is 23.2 Å². The van der Waals surface area contributed by atoms with Crippen molar-refractivity contribution in [2.24, 2.45) is 5.73 Å². The quantitative estimate of drug-likeness (QED) is 0.648. The highest BCUT2D eigenvalue weighted by molar-refractivity contribution is 5.93. The van der Waals surface area contributed by atoms with Crippen molar-refractivity contribution in [1.29, 1.82) is 0 Å². The normalized spacial score (nSPS) is 15.2. The average molecular weight is 329 g/mol. The van der Waals surface area contributed by atoms with E-state index in [4.69, 9.17) is 5.73 Å². The van der Waals surface area contributed by atoms with Gasteiger partial charge in [-0.15, -0.1) is 0 Å². The SMILES string of the molecule is CNC(CC(N)=O)C(=O)NC(CC1=CCc2ccccc21)C(C)=O. The molecule has 128 valence electrons. The lowest BCUT2D eigenvalue weighted by molar-refractivity contribution is -0.129. The van der Waals surface area contributed by atoms with Crippen molar-refractivity contribution in [3.8, 4) is 0 Å². The summed E-state index contributed by atoms with van der Waals surface area (Å²) in [6.45, 7) is 1.45. The molecule has 0 aliphatic heterocycles. The van der Waals surface area contributed by atoms with Crippen LogP contribution in [0.25, 0.3) is 5.57 Å². The largest absolute Gasteiger partial charge is 0.370 e. The summed E-state index contributed by atoms with van der Waals surface area (Å²) in [5.41, 5.74) is 8.56. The standard InChI is InChI=1S/C18H23N3O3/c1-11(22)15(21-18(24)16(20-2)10-17(19)23)9-13-8-7-12-5-3-4-6-14(12)13/h3-6,8,15-16,20H,7,9-10H2,1-2H3,(H2,19,23)(H,21,24). The number of rotatable bonds is 8. The van der Waals surface area contributed by atoms with Crippen molar-refractivity contribution in [3.63, 3.8) is 0 Å². The van der Waals surface area contributed by atoms with Gasteiger partial charge in [0.05, 0.1) is 18.5 Å². The van der Waals surface area contributed by atoms with E-state index >= 15 is 0 Å². The van der Waals surface area contributed by atoms with Crippen LogP contribution < -0.4 is 16.4 Å². The maximum atomic E-state index is 12.3. The van der Waals surface area contributed by atoms with Crippen LogP contribution in [-0.2, 0) is 20.8 Å². The smallest absolute Gasteiger partial charge is 0.238 e. The van der Waals surface area contributed by atoms with E-state index in [1.54, 1.807) is 7.05 Å². The number of Topliss-reactive ketones (excluding diaryl/α,β-unsaturated/α-hetero) is 1. The van der Waals surface area contributed by atoms with Gasteiger partial charge in [-0.05, 0) is 37.1 Å². The zero-order chi connectivity index (χ0) is 17.7. The molecule has 6 nitrogen and oxygen atoms in total. The lowest BCUT2D eigenvalue weighted by atomic mass is 9.97. The number of amides is 2. The van der Waals surface area contributed by atoms with Crippen LogP contribution >= 0.6 is 0 Å². The molecule has 0 aromatic heterocycles. The molecule has 0 heterocycles. The van der Waals surface area contributed by atoms with Gasteiger partial charge in [0, 0.05) is 6.42 Å². The lowest BCUT2D eigenvalue weighted by Crippen LogP contribution is -2.50. The van der Waals surface area contributed by atoms with Crippen molar-refractivity contribution in [1.82, 2.24) is 10.6 Å². The Morgan fingerprint density at radius 1 is 1.21 bits per heavy atom. The number of hydrogen-bond acceptors (Lipinski definition) is 4. The lowest BCUT2D eigenvalue weighted by Gasteiger charge is -2.21. The molecule has 1 aromatic rings. The molecule has 0 saturated heterocycles. The number of nitrogens with one attached hydrogen (secondary N) is 2. The highest BCUT2D eigenvalue weighted by Crippen LogP contribution is 2.30. The van der Waals surface area contributed by atoms with E-state index in [9.17, 15) is 14.4 Å². The van der Waals surface area contributed by atoms with Gasteiger partial charge in [0.25, 0.3) is 0 Å². The Morgan fingerprint density at radius 3 is 2.54 bits per heavy atom. The zero-order valence-corrected chi connectivity index (χ0v) is 14.0. The van der Waals surface area contributed by atoms with Crippen LogP contribution in [0.2, 0.25) is 0 Å². The number of likely N-dealkylation sites (N-methyl/N-ethyl adjacent to an activating group) is 1. The summed E-state index contributed by atoms with van der Waals surface area (Å²) in [5.74, 6) is -1.10. The van der Waals surface area contributed by atoms with Crippen molar-refractivity contribution in [2.45, 2.75) is 38.3 Å². The molecule has 2 rings (SSSR count). The number of carbonyl (C=O) groups is 3. The Hall–Kier alpha value is -2.47. The van der Waals surface area contributed by atoms with E-state index in [2.05, 4.69) is 22.8 Å². The molecule has 2 atom stereocenters. The minimum atomic E-state index is -0.741. The minimum absolute atomic E-state index is 0.113. The number of nitrogens with two attached hydrogens (primary N) is 1. The minimum Gasteiger partial charge on any atom is -0.370 e. The Kier molecular flexibility index (Phi) is 5.87. The van der Waals surface area contributed by atoms with Gasteiger partial charge in [-0.3, -0.25) is 14.4 Å². The third-order valence-corrected chi connectivity index (χ3v) is 4.23. The van der Waals surface area contributed by atoms with Crippen LogP contribution in [-0.4, -0.2) is 36.7 Å². The van der Waals surface area contributed by atoms with Gasteiger partial charge in [-0.2, -0.15) is 0 Å². The van der Waals surface area contributed by atoms with E-state index in [-0.39, 0.29) is 12.2 Å². The second kappa shape index (κ2) is 7.88. The van der Waals surface area contributed by atoms with Crippen LogP contribution in [0.1, 0.15) is 30.9 Å². The number of carbonyl (C=O) groups excluding carboxylic acids is 3. The Labute approximate surface area is 141 Å². The monoisotopic (exact) mass is 329 g/mol. The fourth-order valence-electron chi connectivity index (χ4n) is 2.86. The summed E-state index contributed by atoms with van der Waals surface area (Å²) in [5, 5.41) is 5.48. The third-order valence-electron chi connectivity index (χ3n) is 4.23. The first kappa shape index (κ1) is 17.9. The molecular formula is C18H23N3O3. The number of primary amides is 1. The van der Waals surface area contributed by atoms with Crippen LogP contribution in [0.3, 0.4) is 0 Å². The topological polar surface area (TPSA) is 101 Å². The molecule has 0 fully saturated rings. The molecule has 1 aromatic carbocycles. The van der Waals surface area contributed by atoms with Crippen molar-refractivity contribution < 1.29 is 14.4 Å². The van der Waals surface area contributed by atoms with Gasteiger partial charge in [0.2, 0.25) is 11.8 Å². The third kappa shape index (κ3) is 4.29. The molecule has 4 N–H and O–H groups in total. The van der Waals surface area contributed by atoms with Crippen molar-refractivity contribution in [2.75, 3.05) is 7.05 Å². The van der Waals surface area contributed by atoms with Gasteiger partial charge in [-0.25, -0.2) is 0 Å². The summed E-state index contributed by atoms with van der Waals surface area (Å²) in [6, 6.07) is 6.67. The predicted octanol–water partition coefficient (Wildman–Crippen LogP) is 0.553. The molecule has 2 unspecified atom stereocenters. The molecule has 0 saturated carbocycles. The maximum Gasteiger partial charge on any atom is 0.238 e. The molecule has 1 aliphatic rings. The first-order valence-electron chi connectivity index (χ1n) is 7.96. The Bertz CT molecular complexity index is 682. The fraction of sp³-hybridized carbons (Fsp3) is 0.389. The number of hydrogen-bond donors (Lipinski definition) is 3. The zero-order valence-electron chi connectivity index (χ0n) is 14.0. The van der Waals surface area contributed by atoms with E-state index in [1.165, 1.54) is 12.5 Å². The van der Waals surface area contributed by atoms with Gasteiger partial charge >= 0.3 is 0 Å². The van der Waals surface area contributed by atoms with Gasteiger partial charge in [0.15, 0.2) is 5.78 Å². The van der Waals surface area contributed by atoms with Crippen LogP contribution in [0.15, 0.2) is 30.3 Å². The Morgan fingerprint density at radius 2 is 1.92 bits per heavy atom. The van der Waals surface area contributed by atoms with Crippen LogP contribution in [0, 0.1) is 0 Å². The first-order valence-corrected chi connectivity index (χ1v) is 7.96. The summed E-state index contributed by atoms with van der Waals surface area (Å²) in [7, 11) is 1.58. The van der Waals surface area contributed by atoms with Gasteiger partial charge in [-0.1, -0.05) is 30.3 Å². The summed E-state index contributed by atoms with van der Waals surface area (Å²) in [4.78, 5) is 35.3. The molecule has 6 heteroatoms. The van der Waals surface area contributed by atoms with Gasteiger partial charge in [0.1, 0.15) is 0 Å². The average Bonchev–Trinajstić information content (AvgIpc) is 2.94. The highest BCUT2D eigenvalue weighted by atomic mass is 16.2. The van der Waals surface area contributed by atoms with Crippen LogP contribution in [0.4, 0.5) is 0 Å². The fourth-order valence-corrected chi connectivity index (χ4v) is 2.86. The maximum absolute atomic E-state index is 12.3. The van der Waals surface area contributed by atoms with E-state index < -0.39 is 23.9 Å². The van der Waals surface area contributed by atoms with E-state index in [1.807, 2.05) is 18.2 Å². The summed E-state index contributed by atoms with van der Waals surface area (Å²) in [6.07, 6.45) is 3.25.